The molecule has 0 spiro atoms. The molecule has 94 valence electrons. The van der Waals surface area contributed by atoms with E-state index in [9.17, 15) is 13.2 Å². The van der Waals surface area contributed by atoms with Crippen LogP contribution in [-0.4, -0.2) is 31.0 Å². The van der Waals surface area contributed by atoms with Crippen LogP contribution in [0.4, 0.5) is 0 Å². The summed E-state index contributed by atoms with van der Waals surface area (Å²) in [5.41, 5.74) is 0.111. The molecule has 18 heavy (non-hydrogen) atoms. The number of nitrogens with one attached hydrogen (secondary N) is 1. The molecular formula is C10H9N3O4S. The number of carboxylic acid groups (broad SMARTS) is 1. The third-order valence-corrected chi connectivity index (χ3v) is 3.22. The fraction of sp³-hybridized carbons (Fsp3) is 0.100. The third-order valence-electron chi connectivity index (χ3n) is 1.81. The highest BCUT2D eigenvalue weighted by Gasteiger charge is 2.12. The summed E-state index contributed by atoms with van der Waals surface area (Å²) in [6, 6.07) is 4.29. The molecule has 2 N–H and O–H groups in total. The zero-order valence-electron chi connectivity index (χ0n) is 9.07. The quantitative estimate of drug-likeness (QED) is 0.717. The lowest BCUT2D eigenvalue weighted by Crippen LogP contribution is -2.24. The van der Waals surface area contributed by atoms with Crippen LogP contribution in [-0.2, 0) is 14.8 Å². The van der Waals surface area contributed by atoms with Gasteiger partial charge in [-0.3, -0.25) is 0 Å². The monoisotopic (exact) mass is 267 g/mol. The minimum absolute atomic E-state index is 0.0924. The molecule has 1 rings (SSSR count). The van der Waals surface area contributed by atoms with Crippen LogP contribution in [0.3, 0.4) is 0 Å². The minimum atomic E-state index is -3.75. The topological polar surface area (TPSA) is 120 Å². The summed E-state index contributed by atoms with van der Waals surface area (Å²) in [6.07, 6.45) is 3.05. The van der Waals surface area contributed by atoms with Crippen LogP contribution in [0.15, 0.2) is 35.4 Å². The number of carboxylic acids is 1. The standard InChI is InChI=1S/C10H9N3O4S/c11-6-8-3-4-9(7-12-8)18(16,17)13-5-1-2-10(14)15/h1-4,7,13H,5H2,(H,14,15)/b2-1+. The Morgan fingerprint density at radius 3 is 2.78 bits per heavy atom. The lowest BCUT2D eigenvalue weighted by atomic mass is 10.4. The Bertz CT molecular complexity index is 599. The van der Waals surface area contributed by atoms with Gasteiger partial charge in [-0.05, 0) is 12.1 Å². The Balaban J connectivity index is 2.74. The number of sulfonamides is 1. The van der Waals surface area contributed by atoms with Crippen molar-refractivity contribution in [1.29, 1.82) is 5.26 Å². The average Bonchev–Trinajstić information content (AvgIpc) is 2.34. The molecule has 1 heterocycles. The Labute approximate surface area is 103 Å². The van der Waals surface area contributed by atoms with Crippen LogP contribution in [0, 0.1) is 11.3 Å². The second-order valence-corrected chi connectivity index (χ2v) is 4.85. The maximum Gasteiger partial charge on any atom is 0.328 e. The molecule has 0 saturated carbocycles. The largest absolute Gasteiger partial charge is 0.478 e. The summed E-state index contributed by atoms with van der Waals surface area (Å²) in [7, 11) is -3.75. The zero-order chi connectivity index (χ0) is 13.6. The number of hydrogen-bond acceptors (Lipinski definition) is 5. The number of aromatic nitrogens is 1. The molecular weight excluding hydrogens is 258 g/mol. The van der Waals surface area contributed by atoms with Crippen LogP contribution in [0.25, 0.3) is 0 Å². The smallest absolute Gasteiger partial charge is 0.328 e. The second-order valence-electron chi connectivity index (χ2n) is 3.08. The van der Waals surface area contributed by atoms with Gasteiger partial charge in [0.25, 0.3) is 0 Å². The first-order valence-corrected chi connectivity index (χ1v) is 6.19. The predicted octanol–water partition coefficient (Wildman–Crippen LogP) is -0.128. The third kappa shape index (κ3) is 3.97. The summed E-state index contributed by atoms with van der Waals surface area (Å²) in [5, 5.41) is 16.8. The molecule has 0 saturated heterocycles. The molecule has 0 bridgehead atoms. The number of carbonyl (C=O) groups is 1. The van der Waals surface area contributed by atoms with Crippen molar-refractivity contribution >= 4 is 16.0 Å². The van der Waals surface area contributed by atoms with E-state index >= 15 is 0 Å². The van der Waals surface area contributed by atoms with Crippen molar-refractivity contribution in [2.45, 2.75) is 4.90 Å². The van der Waals surface area contributed by atoms with Crippen molar-refractivity contribution in [3.8, 4) is 6.07 Å². The van der Waals surface area contributed by atoms with Gasteiger partial charge in [0.1, 0.15) is 16.7 Å². The van der Waals surface area contributed by atoms with E-state index in [0.29, 0.717) is 0 Å². The fourth-order valence-corrected chi connectivity index (χ4v) is 1.93. The van der Waals surface area contributed by atoms with Gasteiger partial charge < -0.3 is 5.11 Å². The van der Waals surface area contributed by atoms with Gasteiger partial charge in [0.15, 0.2) is 0 Å². The maximum absolute atomic E-state index is 11.7. The highest BCUT2D eigenvalue weighted by molar-refractivity contribution is 7.89. The summed E-state index contributed by atoms with van der Waals surface area (Å²) in [6.45, 7) is -0.144. The second kappa shape index (κ2) is 5.90. The first kappa shape index (κ1) is 13.8. The van der Waals surface area contributed by atoms with E-state index in [2.05, 4.69) is 9.71 Å². The van der Waals surface area contributed by atoms with Crippen molar-refractivity contribution in [1.82, 2.24) is 9.71 Å². The van der Waals surface area contributed by atoms with Crippen LogP contribution in [0.1, 0.15) is 5.69 Å². The number of pyridine rings is 1. The lowest BCUT2D eigenvalue weighted by Gasteiger charge is -2.03. The lowest BCUT2D eigenvalue weighted by molar-refractivity contribution is -0.131. The summed E-state index contributed by atoms with van der Waals surface area (Å²) >= 11 is 0. The Hall–Kier alpha value is -2.24. The van der Waals surface area contributed by atoms with E-state index in [1.165, 1.54) is 12.1 Å². The number of nitrogens with zero attached hydrogens (tertiary/aromatic N) is 2. The molecule has 0 radical (unpaired) electrons. The number of rotatable bonds is 5. The molecule has 1 aromatic heterocycles. The van der Waals surface area contributed by atoms with Crippen LogP contribution < -0.4 is 4.72 Å². The Morgan fingerprint density at radius 1 is 1.56 bits per heavy atom. The highest BCUT2D eigenvalue weighted by atomic mass is 32.2. The molecule has 0 aliphatic rings. The summed E-state index contributed by atoms with van der Waals surface area (Å²) in [4.78, 5) is 13.7. The molecule has 0 atom stereocenters. The van der Waals surface area contributed by atoms with Gasteiger partial charge in [0.2, 0.25) is 10.0 Å². The van der Waals surface area contributed by atoms with E-state index in [-0.39, 0.29) is 17.1 Å². The average molecular weight is 267 g/mol. The van der Waals surface area contributed by atoms with Crippen LogP contribution in [0.2, 0.25) is 0 Å². The van der Waals surface area contributed by atoms with Gasteiger partial charge in [-0.2, -0.15) is 5.26 Å². The molecule has 0 amide bonds. The minimum Gasteiger partial charge on any atom is -0.478 e. The Morgan fingerprint density at radius 2 is 2.28 bits per heavy atom. The van der Waals surface area contributed by atoms with Gasteiger partial charge in [-0.1, -0.05) is 6.08 Å². The number of nitriles is 1. The van der Waals surface area contributed by atoms with Crippen molar-refractivity contribution in [2.75, 3.05) is 6.54 Å². The van der Waals surface area contributed by atoms with E-state index in [1.54, 1.807) is 6.07 Å². The van der Waals surface area contributed by atoms with Gasteiger partial charge >= 0.3 is 5.97 Å². The first-order valence-electron chi connectivity index (χ1n) is 4.71. The molecule has 1 aromatic rings. The molecule has 0 aliphatic heterocycles. The SMILES string of the molecule is N#Cc1ccc(S(=O)(=O)NC/C=C/C(=O)O)cn1. The van der Waals surface area contributed by atoms with Crippen molar-refractivity contribution in [2.24, 2.45) is 0 Å². The van der Waals surface area contributed by atoms with Crippen molar-refractivity contribution in [3.05, 3.63) is 36.2 Å². The van der Waals surface area contributed by atoms with Gasteiger partial charge in [0, 0.05) is 18.8 Å². The molecule has 0 aliphatic carbocycles. The van der Waals surface area contributed by atoms with Crippen LogP contribution in [0.5, 0.6) is 0 Å². The van der Waals surface area contributed by atoms with Crippen LogP contribution >= 0.6 is 0 Å². The van der Waals surface area contributed by atoms with E-state index in [1.807, 2.05) is 0 Å². The van der Waals surface area contributed by atoms with Gasteiger partial charge in [0.05, 0.1) is 0 Å². The number of aliphatic carboxylic acids is 1. The molecule has 0 fully saturated rings. The van der Waals surface area contributed by atoms with Crippen molar-refractivity contribution < 1.29 is 18.3 Å². The molecule has 7 nitrogen and oxygen atoms in total. The Kier molecular flexibility index (Phi) is 4.53. The highest BCUT2D eigenvalue weighted by Crippen LogP contribution is 2.06. The van der Waals surface area contributed by atoms with Gasteiger partial charge in [-0.15, -0.1) is 0 Å². The summed E-state index contributed by atoms with van der Waals surface area (Å²) < 4.78 is 25.5. The summed E-state index contributed by atoms with van der Waals surface area (Å²) in [5.74, 6) is -1.16. The van der Waals surface area contributed by atoms with E-state index in [4.69, 9.17) is 10.4 Å². The normalized spacial score (nSPS) is 11.3. The van der Waals surface area contributed by atoms with Gasteiger partial charge in [-0.25, -0.2) is 22.9 Å². The molecule has 8 heteroatoms. The molecule has 0 aromatic carbocycles. The van der Waals surface area contributed by atoms with E-state index < -0.39 is 16.0 Å². The fourth-order valence-electron chi connectivity index (χ4n) is 1.01. The molecule has 0 unspecified atom stereocenters. The number of hydrogen-bond donors (Lipinski definition) is 2. The first-order chi connectivity index (χ1) is 8.45. The van der Waals surface area contributed by atoms with E-state index in [0.717, 1.165) is 18.3 Å². The predicted molar refractivity (Wildman–Crippen MR) is 60.9 cm³/mol. The maximum atomic E-state index is 11.7. The van der Waals surface area contributed by atoms with Crippen molar-refractivity contribution in [3.63, 3.8) is 0 Å². The zero-order valence-corrected chi connectivity index (χ0v) is 9.88.